The molecule has 0 spiro atoms. The number of nitrogens with one attached hydrogen (secondary N) is 1. The summed E-state index contributed by atoms with van der Waals surface area (Å²) in [7, 11) is 1.54. The van der Waals surface area contributed by atoms with Gasteiger partial charge in [-0.2, -0.15) is 0 Å². The van der Waals surface area contributed by atoms with Crippen molar-refractivity contribution in [2.75, 3.05) is 12.8 Å². The van der Waals surface area contributed by atoms with E-state index in [0.29, 0.717) is 17.0 Å². The molecule has 26 heavy (non-hydrogen) atoms. The van der Waals surface area contributed by atoms with Gasteiger partial charge < -0.3 is 15.5 Å². The minimum absolute atomic E-state index is 0.288. The van der Waals surface area contributed by atoms with Gasteiger partial charge in [0.05, 0.1) is 7.11 Å². The van der Waals surface area contributed by atoms with E-state index in [1.54, 1.807) is 20.1 Å². The van der Waals surface area contributed by atoms with Crippen LogP contribution in [0.5, 0.6) is 5.75 Å². The Morgan fingerprint density at radius 3 is 2.69 bits per heavy atom. The van der Waals surface area contributed by atoms with Gasteiger partial charge in [0, 0.05) is 46.2 Å². The zero-order chi connectivity index (χ0) is 18.3. The highest BCUT2D eigenvalue weighted by atomic mass is 19.1. The van der Waals surface area contributed by atoms with Gasteiger partial charge in [-0.3, -0.25) is 0 Å². The molecule has 3 N–H and O–H groups in total. The molecule has 5 heteroatoms. The molecule has 0 radical (unpaired) electrons. The predicted molar refractivity (Wildman–Crippen MR) is 103 cm³/mol. The van der Waals surface area contributed by atoms with Crippen LogP contribution in [-0.2, 0) is 0 Å². The third-order valence-electron chi connectivity index (χ3n) is 4.52. The second kappa shape index (κ2) is 6.19. The highest BCUT2D eigenvalue weighted by Gasteiger charge is 2.15. The molecule has 0 amide bonds. The highest BCUT2D eigenvalue weighted by molar-refractivity contribution is 5.97. The number of benzene rings is 2. The standard InChI is InChI=1S/C21H18FN3O/c1-12-6-16(20(26-2)9-19(12)22)18-11-25-21-17(18)8-14(10-24-21)13-4-3-5-15(23)7-13/h3-11H,23H2,1-2H3,(H,24,25). The van der Waals surface area contributed by atoms with Gasteiger partial charge in [0.25, 0.3) is 0 Å². The Kier molecular flexibility index (Phi) is 3.84. The van der Waals surface area contributed by atoms with Crippen LogP contribution in [0.15, 0.2) is 54.9 Å². The van der Waals surface area contributed by atoms with Crippen LogP contribution >= 0.6 is 0 Å². The number of anilines is 1. The molecule has 4 rings (SSSR count). The first-order valence-electron chi connectivity index (χ1n) is 8.24. The number of hydrogen-bond donors (Lipinski definition) is 2. The number of fused-ring (bicyclic) bond motifs is 1. The number of hydrogen-bond acceptors (Lipinski definition) is 3. The van der Waals surface area contributed by atoms with Crippen molar-refractivity contribution in [3.63, 3.8) is 0 Å². The third-order valence-corrected chi connectivity index (χ3v) is 4.52. The lowest BCUT2D eigenvalue weighted by molar-refractivity contribution is 0.412. The van der Waals surface area contributed by atoms with Crippen LogP contribution in [0.1, 0.15) is 5.56 Å². The number of halogens is 1. The number of nitrogen functional groups attached to an aromatic ring is 1. The van der Waals surface area contributed by atoms with Crippen molar-refractivity contribution in [3.05, 3.63) is 66.2 Å². The molecular weight excluding hydrogens is 329 g/mol. The van der Waals surface area contributed by atoms with Crippen LogP contribution in [-0.4, -0.2) is 17.1 Å². The average Bonchev–Trinajstić information content (AvgIpc) is 3.06. The second-order valence-electron chi connectivity index (χ2n) is 6.25. The van der Waals surface area contributed by atoms with E-state index in [-0.39, 0.29) is 5.82 Å². The lowest BCUT2D eigenvalue weighted by atomic mass is 10.00. The maximum atomic E-state index is 13.9. The zero-order valence-electron chi connectivity index (χ0n) is 14.5. The Hall–Kier alpha value is -3.34. The quantitative estimate of drug-likeness (QED) is 0.516. The Morgan fingerprint density at radius 2 is 1.92 bits per heavy atom. The molecule has 0 atom stereocenters. The molecule has 130 valence electrons. The van der Waals surface area contributed by atoms with E-state index in [1.165, 1.54) is 6.07 Å². The van der Waals surface area contributed by atoms with Crippen molar-refractivity contribution in [2.45, 2.75) is 6.92 Å². The summed E-state index contributed by atoms with van der Waals surface area (Å²) in [5, 5.41) is 0.939. The molecule has 2 aromatic carbocycles. The minimum atomic E-state index is -0.288. The summed E-state index contributed by atoms with van der Waals surface area (Å²) < 4.78 is 19.3. The first kappa shape index (κ1) is 16.1. The number of methoxy groups -OCH3 is 1. The molecule has 4 nitrogen and oxygen atoms in total. The van der Waals surface area contributed by atoms with E-state index in [0.717, 1.165) is 33.3 Å². The SMILES string of the molecule is COc1cc(F)c(C)cc1-c1c[nH]c2ncc(-c3cccc(N)c3)cc12. The topological polar surface area (TPSA) is 63.9 Å². The summed E-state index contributed by atoms with van der Waals surface area (Å²) in [5.41, 5.74) is 11.6. The van der Waals surface area contributed by atoms with Gasteiger partial charge >= 0.3 is 0 Å². The molecular formula is C21H18FN3O. The van der Waals surface area contributed by atoms with Crippen molar-refractivity contribution >= 4 is 16.7 Å². The van der Waals surface area contributed by atoms with Crippen LogP contribution in [0.3, 0.4) is 0 Å². The number of H-pyrrole nitrogens is 1. The van der Waals surface area contributed by atoms with Gasteiger partial charge in [-0.05, 0) is 42.3 Å². The maximum Gasteiger partial charge on any atom is 0.137 e. The summed E-state index contributed by atoms with van der Waals surface area (Å²) in [5.74, 6) is 0.201. The molecule has 0 aliphatic heterocycles. The van der Waals surface area contributed by atoms with Crippen LogP contribution in [0, 0.1) is 12.7 Å². The largest absolute Gasteiger partial charge is 0.496 e. The molecule has 0 saturated carbocycles. The Morgan fingerprint density at radius 1 is 1.08 bits per heavy atom. The Balaban J connectivity index is 1.92. The first-order chi connectivity index (χ1) is 12.6. The highest BCUT2D eigenvalue weighted by Crippen LogP contribution is 2.37. The van der Waals surface area contributed by atoms with Gasteiger partial charge in [-0.1, -0.05) is 12.1 Å². The normalized spacial score (nSPS) is 11.0. The number of rotatable bonds is 3. The van der Waals surface area contributed by atoms with Crippen molar-refractivity contribution < 1.29 is 9.13 Å². The number of aryl methyl sites for hydroxylation is 1. The van der Waals surface area contributed by atoms with E-state index in [4.69, 9.17) is 10.5 Å². The molecule has 0 aliphatic carbocycles. The van der Waals surface area contributed by atoms with Crippen molar-refractivity contribution in [3.8, 4) is 28.0 Å². The number of aromatic nitrogens is 2. The van der Waals surface area contributed by atoms with Crippen molar-refractivity contribution in [1.29, 1.82) is 0 Å². The first-order valence-corrected chi connectivity index (χ1v) is 8.24. The number of pyridine rings is 1. The monoisotopic (exact) mass is 347 g/mol. The fraction of sp³-hybridized carbons (Fsp3) is 0.0952. The summed E-state index contributed by atoms with van der Waals surface area (Å²) in [6.07, 6.45) is 3.68. The smallest absolute Gasteiger partial charge is 0.137 e. The lowest BCUT2D eigenvalue weighted by Gasteiger charge is -2.10. The van der Waals surface area contributed by atoms with Crippen molar-refractivity contribution in [1.82, 2.24) is 9.97 Å². The summed E-state index contributed by atoms with van der Waals surface area (Å²) in [6.45, 7) is 1.74. The minimum Gasteiger partial charge on any atom is -0.496 e. The molecule has 4 aromatic rings. The van der Waals surface area contributed by atoms with E-state index in [1.807, 2.05) is 36.7 Å². The molecule has 0 saturated heterocycles. The maximum absolute atomic E-state index is 13.9. The van der Waals surface area contributed by atoms with Crippen molar-refractivity contribution in [2.24, 2.45) is 0 Å². The van der Waals surface area contributed by atoms with Crippen LogP contribution in [0.2, 0.25) is 0 Å². The van der Waals surface area contributed by atoms with Gasteiger partial charge in [0.15, 0.2) is 0 Å². The predicted octanol–water partition coefficient (Wildman–Crippen LogP) is 4.94. The Labute approximate surface area is 150 Å². The fourth-order valence-corrected chi connectivity index (χ4v) is 3.14. The number of nitrogens with two attached hydrogens (primary N) is 1. The van der Waals surface area contributed by atoms with Gasteiger partial charge in [-0.25, -0.2) is 9.37 Å². The third kappa shape index (κ3) is 2.67. The molecule has 2 aromatic heterocycles. The number of ether oxygens (including phenoxy) is 1. The molecule has 0 aliphatic rings. The van der Waals surface area contributed by atoms with E-state index < -0.39 is 0 Å². The summed E-state index contributed by atoms with van der Waals surface area (Å²) in [4.78, 5) is 7.69. The average molecular weight is 347 g/mol. The van der Waals surface area contributed by atoms with Crippen LogP contribution < -0.4 is 10.5 Å². The molecule has 0 fully saturated rings. The summed E-state index contributed by atoms with van der Waals surface area (Å²) in [6, 6.07) is 12.9. The zero-order valence-corrected chi connectivity index (χ0v) is 14.5. The van der Waals surface area contributed by atoms with Gasteiger partial charge in [-0.15, -0.1) is 0 Å². The number of nitrogens with zero attached hydrogens (tertiary/aromatic N) is 1. The molecule has 0 unspecified atom stereocenters. The van der Waals surface area contributed by atoms with Crippen LogP contribution in [0.4, 0.5) is 10.1 Å². The second-order valence-corrected chi connectivity index (χ2v) is 6.25. The molecule has 0 bridgehead atoms. The van der Waals surface area contributed by atoms with E-state index in [2.05, 4.69) is 16.0 Å². The van der Waals surface area contributed by atoms with E-state index >= 15 is 0 Å². The fourth-order valence-electron chi connectivity index (χ4n) is 3.14. The molecule has 2 heterocycles. The summed E-state index contributed by atoms with van der Waals surface area (Å²) >= 11 is 0. The number of aromatic amines is 1. The van der Waals surface area contributed by atoms with Crippen LogP contribution in [0.25, 0.3) is 33.3 Å². The van der Waals surface area contributed by atoms with Gasteiger partial charge in [0.2, 0.25) is 0 Å². The van der Waals surface area contributed by atoms with E-state index in [9.17, 15) is 4.39 Å². The lowest BCUT2D eigenvalue weighted by Crippen LogP contribution is -1.92. The van der Waals surface area contributed by atoms with Gasteiger partial charge in [0.1, 0.15) is 17.2 Å². The Bertz CT molecular complexity index is 1120.